The Morgan fingerprint density at radius 2 is 2.10 bits per heavy atom. The van der Waals surface area contributed by atoms with E-state index in [0.717, 1.165) is 15.2 Å². The molecule has 0 saturated carbocycles. The molecule has 1 aliphatic rings. The van der Waals surface area contributed by atoms with Crippen LogP contribution in [0, 0.1) is 0 Å². The molecule has 1 aliphatic heterocycles. The molecule has 0 radical (unpaired) electrons. The van der Waals surface area contributed by atoms with Crippen LogP contribution >= 0.6 is 27.3 Å². The van der Waals surface area contributed by atoms with Gasteiger partial charge in [0.25, 0.3) is 11.7 Å². The SMILES string of the molecule is CC(C)c1nc(CN2C(=O)C(=O)c3cc(Br)ccc32)cs1. The monoisotopic (exact) mass is 364 g/mol. The molecule has 0 spiro atoms. The van der Waals surface area contributed by atoms with Gasteiger partial charge in [0, 0.05) is 15.8 Å². The lowest BCUT2D eigenvalue weighted by Crippen LogP contribution is -2.29. The zero-order chi connectivity index (χ0) is 15.1. The Morgan fingerprint density at radius 1 is 1.33 bits per heavy atom. The normalized spacial score (nSPS) is 14.2. The maximum atomic E-state index is 12.2. The van der Waals surface area contributed by atoms with Gasteiger partial charge in [-0.1, -0.05) is 29.8 Å². The van der Waals surface area contributed by atoms with E-state index in [9.17, 15) is 9.59 Å². The molecule has 1 aromatic heterocycles. The van der Waals surface area contributed by atoms with Crippen molar-refractivity contribution in [3.05, 3.63) is 44.3 Å². The summed E-state index contributed by atoms with van der Waals surface area (Å²) in [5.41, 5.74) is 1.93. The summed E-state index contributed by atoms with van der Waals surface area (Å²) in [7, 11) is 0. The van der Waals surface area contributed by atoms with Crippen molar-refractivity contribution in [3.63, 3.8) is 0 Å². The minimum absolute atomic E-state index is 0.336. The van der Waals surface area contributed by atoms with Gasteiger partial charge in [-0.3, -0.25) is 14.5 Å². The van der Waals surface area contributed by atoms with Gasteiger partial charge >= 0.3 is 0 Å². The quantitative estimate of drug-likeness (QED) is 0.779. The Morgan fingerprint density at radius 3 is 2.76 bits per heavy atom. The number of rotatable bonds is 3. The molecular formula is C15H13BrN2O2S. The molecule has 4 nitrogen and oxygen atoms in total. The second-order valence-corrected chi connectivity index (χ2v) is 7.02. The van der Waals surface area contributed by atoms with Crippen LogP contribution in [0.5, 0.6) is 0 Å². The lowest BCUT2D eigenvalue weighted by molar-refractivity contribution is -0.114. The first-order valence-electron chi connectivity index (χ1n) is 6.57. The average molecular weight is 365 g/mol. The second kappa shape index (κ2) is 5.35. The molecular weight excluding hydrogens is 352 g/mol. The zero-order valence-electron chi connectivity index (χ0n) is 11.6. The largest absolute Gasteiger partial charge is 0.299 e. The highest BCUT2D eigenvalue weighted by molar-refractivity contribution is 9.10. The molecule has 1 aromatic carbocycles. The Hall–Kier alpha value is -1.53. The number of aromatic nitrogens is 1. The van der Waals surface area contributed by atoms with Crippen molar-refractivity contribution in [2.75, 3.05) is 4.90 Å². The molecule has 3 rings (SSSR count). The van der Waals surface area contributed by atoms with E-state index in [4.69, 9.17) is 0 Å². The fourth-order valence-electron chi connectivity index (χ4n) is 2.25. The van der Waals surface area contributed by atoms with Crippen molar-refractivity contribution in [1.82, 2.24) is 4.98 Å². The molecule has 0 unspecified atom stereocenters. The summed E-state index contributed by atoms with van der Waals surface area (Å²) in [5, 5.41) is 2.99. The number of carbonyl (C=O) groups excluding carboxylic acids is 2. The molecule has 21 heavy (non-hydrogen) atoms. The number of halogens is 1. The Kier molecular flexibility index (Phi) is 3.67. The van der Waals surface area contributed by atoms with E-state index in [1.54, 1.807) is 23.5 Å². The number of Topliss-reactive ketones (excluding diaryl/α,β-unsaturated/α-hetero) is 1. The summed E-state index contributed by atoms with van der Waals surface area (Å²) in [5.74, 6) is -0.573. The predicted molar refractivity (Wildman–Crippen MR) is 85.9 cm³/mol. The highest BCUT2D eigenvalue weighted by Crippen LogP contribution is 2.32. The van der Waals surface area contributed by atoms with Gasteiger partial charge in [-0.25, -0.2) is 4.98 Å². The van der Waals surface area contributed by atoms with Gasteiger partial charge in [-0.15, -0.1) is 11.3 Å². The Balaban J connectivity index is 1.92. The molecule has 0 aliphatic carbocycles. The molecule has 2 heterocycles. The lowest BCUT2D eigenvalue weighted by Gasteiger charge is -2.14. The summed E-state index contributed by atoms with van der Waals surface area (Å²) in [4.78, 5) is 30.2. The number of carbonyl (C=O) groups is 2. The van der Waals surface area contributed by atoms with E-state index in [2.05, 4.69) is 34.8 Å². The smallest absolute Gasteiger partial charge is 0.299 e. The molecule has 0 bridgehead atoms. The molecule has 0 N–H and O–H groups in total. The van der Waals surface area contributed by atoms with Gasteiger partial charge in [0.1, 0.15) is 0 Å². The van der Waals surface area contributed by atoms with E-state index in [1.165, 1.54) is 4.90 Å². The maximum Gasteiger partial charge on any atom is 0.299 e. The summed E-state index contributed by atoms with van der Waals surface area (Å²) < 4.78 is 0.792. The van der Waals surface area contributed by atoms with Crippen LogP contribution in [-0.2, 0) is 11.3 Å². The number of fused-ring (bicyclic) bond motifs is 1. The van der Waals surface area contributed by atoms with E-state index in [0.29, 0.717) is 23.7 Å². The molecule has 0 fully saturated rings. The predicted octanol–water partition coefficient (Wildman–Crippen LogP) is 3.76. The van der Waals surface area contributed by atoms with Crippen molar-refractivity contribution in [2.24, 2.45) is 0 Å². The third-order valence-corrected chi connectivity index (χ3v) is 5.00. The maximum absolute atomic E-state index is 12.2. The summed E-state index contributed by atoms with van der Waals surface area (Å²) >= 11 is 4.91. The van der Waals surface area contributed by atoms with E-state index < -0.39 is 11.7 Å². The van der Waals surface area contributed by atoms with Crippen LogP contribution in [0.3, 0.4) is 0 Å². The summed E-state index contributed by atoms with van der Waals surface area (Å²) in [6.07, 6.45) is 0. The Labute approximate surface area is 134 Å². The summed E-state index contributed by atoms with van der Waals surface area (Å²) in [6.45, 7) is 4.50. The van der Waals surface area contributed by atoms with Gasteiger partial charge in [-0.05, 0) is 18.2 Å². The lowest BCUT2D eigenvalue weighted by atomic mass is 10.1. The minimum Gasteiger partial charge on any atom is -0.299 e. The van der Waals surface area contributed by atoms with Gasteiger partial charge in [0.2, 0.25) is 0 Å². The zero-order valence-corrected chi connectivity index (χ0v) is 14.0. The molecule has 108 valence electrons. The highest BCUT2D eigenvalue weighted by Gasteiger charge is 2.36. The van der Waals surface area contributed by atoms with Crippen LogP contribution in [0.1, 0.15) is 40.8 Å². The van der Waals surface area contributed by atoms with Crippen molar-refractivity contribution in [3.8, 4) is 0 Å². The number of benzene rings is 1. The average Bonchev–Trinajstić information content (AvgIpc) is 2.99. The fraction of sp³-hybridized carbons (Fsp3) is 0.267. The van der Waals surface area contributed by atoms with E-state index in [1.807, 2.05) is 11.4 Å². The van der Waals surface area contributed by atoms with Crippen LogP contribution in [0.25, 0.3) is 0 Å². The number of anilines is 1. The topological polar surface area (TPSA) is 50.3 Å². The van der Waals surface area contributed by atoms with Gasteiger partial charge in [-0.2, -0.15) is 0 Å². The van der Waals surface area contributed by atoms with Crippen LogP contribution < -0.4 is 4.90 Å². The van der Waals surface area contributed by atoms with Crippen LogP contribution in [0.15, 0.2) is 28.1 Å². The number of hydrogen-bond donors (Lipinski definition) is 0. The van der Waals surface area contributed by atoms with Crippen LogP contribution in [0.4, 0.5) is 5.69 Å². The standard InChI is InChI=1S/C15H13BrN2O2S/c1-8(2)14-17-10(7-21-14)6-18-12-4-3-9(16)5-11(12)13(19)15(18)20/h3-5,7-8H,6H2,1-2H3. The number of hydrogen-bond acceptors (Lipinski definition) is 4. The number of nitrogens with zero attached hydrogens (tertiary/aromatic N) is 2. The van der Waals surface area contributed by atoms with Gasteiger partial charge in [0.15, 0.2) is 0 Å². The molecule has 2 aromatic rings. The van der Waals surface area contributed by atoms with Gasteiger partial charge in [0.05, 0.1) is 28.5 Å². The van der Waals surface area contributed by atoms with E-state index >= 15 is 0 Å². The first-order chi connectivity index (χ1) is 9.97. The van der Waals surface area contributed by atoms with Crippen molar-refractivity contribution < 1.29 is 9.59 Å². The second-order valence-electron chi connectivity index (χ2n) is 5.21. The summed E-state index contributed by atoms with van der Waals surface area (Å²) in [6, 6.07) is 5.31. The number of amides is 1. The van der Waals surface area contributed by atoms with Gasteiger partial charge < -0.3 is 0 Å². The van der Waals surface area contributed by atoms with E-state index in [-0.39, 0.29) is 0 Å². The Bertz CT molecular complexity index is 739. The van der Waals surface area contributed by atoms with Crippen molar-refractivity contribution >= 4 is 44.6 Å². The minimum atomic E-state index is -0.484. The first kappa shape index (κ1) is 14.4. The fourth-order valence-corrected chi connectivity index (χ4v) is 3.44. The van der Waals surface area contributed by atoms with Crippen LogP contribution in [0.2, 0.25) is 0 Å². The van der Waals surface area contributed by atoms with Crippen molar-refractivity contribution in [1.29, 1.82) is 0 Å². The first-order valence-corrected chi connectivity index (χ1v) is 8.24. The number of ketones is 1. The molecule has 1 amide bonds. The molecule has 6 heteroatoms. The van der Waals surface area contributed by atoms with Crippen LogP contribution in [-0.4, -0.2) is 16.7 Å². The third-order valence-electron chi connectivity index (χ3n) is 3.32. The third kappa shape index (κ3) is 2.53. The highest BCUT2D eigenvalue weighted by atomic mass is 79.9. The molecule has 0 atom stereocenters. The molecule has 0 saturated heterocycles. The number of thiazole rings is 1. The van der Waals surface area contributed by atoms with Crippen molar-refractivity contribution in [2.45, 2.75) is 26.3 Å².